The van der Waals surface area contributed by atoms with Crippen LogP contribution in [0.1, 0.15) is 17.4 Å². The number of carbonyl (C=O) groups is 1. The second-order valence-electron chi connectivity index (χ2n) is 3.40. The molecular formula is C12H9F2NO3. The molecule has 0 radical (unpaired) electrons. The zero-order valence-electron chi connectivity index (χ0n) is 9.44. The lowest BCUT2D eigenvalue weighted by atomic mass is 10.1. The van der Waals surface area contributed by atoms with E-state index < -0.39 is 23.3 Å². The zero-order chi connectivity index (χ0) is 13.1. The van der Waals surface area contributed by atoms with Crippen LogP contribution < -0.4 is 0 Å². The standard InChI is InChI=1S/C12H9F2NO3/c1-2-17-12(16)10-9(14)11(18-15-10)7-3-5-8(13)6-4-7/h3-6H,2H2,1H3. The number of esters is 1. The van der Waals surface area contributed by atoms with Gasteiger partial charge in [-0.05, 0) is 31.2 Å². The van der Waals surface area contributed by atoms with Crippen molar-refractivity contribution in [3.8, 4) is 11.3 Å². The van der Waals surface area contributed by atoms with Gasteiger partial charge in [0.2, 0.25) is 17.3 Å². The molecule has 0 N–H and O–H groups in total. The predicted octanol–water partition coefficient (Wildman–Crippen LogP) is 2.80. The number of carbonyl (C=O) groups excluding carboxylic acids is 1. The van der Waals surface area contributed by atoms with E-state index in [1.54, 1.807) is 6.92 Å². The minimum absolute atomic E-state index is 0.108. The van der Waals surface area contributed by atoms with E-state index in [0.29, 0.717) is 0 Å². The monoisotopic (exact) mass is 253 g/mol. The molecule has 0 unspecified atom stereocenters. The molecule has 0 saturated carbocycles. The summed E-state index contributed by atoms with van der Waals surface area (Å²) in [5.74, 6) is -2.49. The summed E-state index contributed by atoms with van der Waals surface area (Å²) in [7, 11) is 0. The Hall–Kier alpha value is -2.24. The number of nitrogens with zero attached hydrogens (tertiary/aromatic N) is 1. The number of rotatable bonds is 3. The molecular weight excluding hydrogens is 244 g/mol. The fourth-order valence-electron chi connectivity index (χ4n) is 1.39. The van der Waals surface area contributed by atoms with Crippen LogP contribution in [0.15, 0.2) is 28.8 Å². The summed E-state index contributed by atoms with van der Waals surface area (Å²) in [4.78, 5) is 11.3. The summed E-state index contributed by atoms with van der Waals surface area (Å²) < 4.78 is 35.9. The molecule has 0 aliphatic carbocycles. The fraction of sp³-hybridized carbons (Fsp3) is 0.167. The summed E-state index contributed by atoms with van der Waals surface area (Å²) in [6, 6.07) is 4.96. The summed E-state index contributed by atoms with van der Waals surface area (Å²) in [6.45, 7) is 1.70. The van der Waals surface area contributed by atoms with Crippen molar-refractivity contribution in [2.45, 2.75) is 6.92 Å². The highest BCUT2D eigenvalue weighted by atomic mass is 19.1. The number of halogens is 2. The van der Waals surface area contributed by atoms with Gasteiger partial charge in [-0.1, -0.05) is 5.16 Å². The van der Waals surface area contributed by atoms with Crippen LogP contribution in [0, 0.1) is 11.6 Å². The van der Waals surface area contributed by atoms with Crippen LogP contribution in [0.2, 0.25) is 0 Å². The molecule has 0 atom stereocenters. The third-order valence-electron chi connectivity index (χ3n) is 2.21. The van der Waals surface area contributed by atoms with Gasteiger partial charge in [0, 0.05) is 5.56 Å². The van der Waals surface area contributed by atoms with E-state index >= 15 is 0 Å². The van der Waals surface area contributed by atoms with Crippen LogP contribution in [0.25, 0.3) is 11.3 Å². The first-order valence-corrected chi connectivity index (χ1v) is 5.21. The SMILES string of the molecule is CCOC(=O)c1noc(-c2ccc(F)cc2)c1F. The molecule has 0 aliphatic heterocycles. The molecule has 1 aromatic heterocycles. The van der Waals surface area contributed by atoms with Gasteiger partial charge in [-0.25, -0.2) is 9.18 Å². The first-order chi connectivity index (χ1) is 8.63. The lowest BCUT2D eigenvalue weighted by molar-refractivity contribution is 0.0510. The molecule has 94 valence electrons. The van der Waals surface area contributed by atoms with E-state index in [9.17, 15) is 13.6 Å². The number of benzene rings is 1. The van der Waals surface area contributed by atoms with Crippen molar-refractivity contribution in [3.63, 3.8) is 0 Å². The molecule has 0 bridgehead atoms. The maximum absolute atomic E-state index is 13.8. The van der Waals surface area contributed by atoms with Crippen molar-refractivity contribution in [1.82, 2.24) is 5.16 Å². The van der Waals surface area contributed by atoms with Gasteiger partial charge in [0.15, 0.2) is 0 Å². The van der Waals surface area contributed by atoms with Crippen LogP contribution in [0.5, 0.6) is 0 Å². The van der Waals surface area contributed by atoms with Crippen molar-refractivity contribution in [2.75, 3.05) is 6.61 Å². The van der Waals surface area contributed by atoms with Crippen LogP contribution in [-0.4, -0.2) is 17.7 Å². The Morgan fingerprint density at radius 3 is 2.61 bits per heavy atom. The van der Waals surface area contributed by atoms with Gasteiger partial charge in [-0.2, -0.15) is 4.39 Å². The van der Waals surface area contributed by atoms with Crippen molar-refractivity contribution in [2.24, 2.45) is 0 Å². The van der Waals surface area contributed by atoms with Gasteiger partial charge in [-0.15, -0.1) is 0 Å². The lowest BCUT2D eigenvalue weighted by Gasteiger charge is -1.97. The van der Waals surface area contributed by atoms with Gasteiger partial charge in [0.05, 0.1) is 6.61 Å². The topological polar surface area (TPSA) is 52.3 Å². The third-order valence-corrected chi connectivity index (χ3v) is 2.21. The Balaban J connectivity index is 2.36. The van der Waals surface area contributed by atoms with Crippen molar-refractivity contribution >= 4 is 5.97 Å². The van der Waals surface area contributed by atoms with E-state index in [0.717, 1.165) is 12.1 Å². The molecule has 0 fully saturated rings. The van der Waals surface area contributed by atoms with E-state index in [4.69, 9.17) is 4.52 Å². The molecule has 0 saturated heterocycles. The largest absolute Gasteiger partial charge is 0.461 e. The maximum Gasteiger partial charge on any atom is 0.363 e. The summed E-state index contributed by atoms with van der Waals surface area (Å²) >= 11 is 0. The number of aromatic nitrogens is 1. The molecule has 4 nitrogen and oxygen atoms in total. The first kappa shape index (κ1) is 12.2. The Morgan fingerprint density at radius 2 is 2.00 bits per heavy atom. The molecule has 1 aromatic carbocycles. The average Bonchev–Trinajstić information content (AvgIpc) is 2.73. The molecule has 0 amide bonds. The molecule has 6 heteroatoms. The number of hydrogen-bond donors (Lipinski definition) is 0. The van der Waals surface area contributed by atoms with E-state index in [1.807, 2.05) is 0 Å². The molecule has 2 rings (SSSR count). The quantitative estimate of drug-likeness (QED) is 0.789. The molecule has 18 heavy (non-hydrogen) atoms. The van der Waals surface area contributed by atoms with Crippen LogP contribution >= 0.6 is 0 Å². The normalized spacial score (nSPS) is 10.4. The molecule has 2 aromatic rings. The first-order valence-electron chi connectivity index (χ1n) is 5.21. The van der Waals surface area contributed by atoms with Gasteiger partial charge in [0.1, 0.15) is 5.82 Å². The summed E-state index contributed by atoms with van der Waals surface area (Å²) in [6.07, 6.45) is 0. The van der Waals surface area contributed by atoms with Crippen LogP contribution in [-0.2, 0) is 4.74 Å². The van der Waals surface area contributed by atoms with Gasteiger partial charge >= 0.3 is 5.97 Å². The zero-order valence-corrected chi connectivity index (χ0v) is 9.44. The van der Waals surface area contributed by atoms with Gasteiger partial charge in [0.25, 0.3) is 0 Å². The second-order valence-corrected chi connectivity index (χ2v) is 3.40. The van der Waals surface area contributed by atoms with E-state index in [-0.39, 0.29) is 17.9 Å². The Labute approximate surface area is 101 Å². The Morgan fingerprint density at radius 1 is 1.33 bits per heavy atom. The fourth-order valence-corrected chi connectivity index (χ4v) is 1.39. The smallest absolute Gasteiger partial charge is 0.363 e. The summed E-state index contributed by atoms with van der Waals surface area (Å²) in [5, 5.41) is 3.31. The van der Waals surface area contributed by atoms with Crippen LogP contribution in [0.4, 0.5) is 8.78 Å². The molecule has 0 spiro atoms. The predicted molar refractivity (Wildman–Crippen MR) is 57.8 cm³/mol. The molecule has 1 heterocycles. The highest BCUT2D eigenvalue weighted by molar-refractivity contribution is 5.88. The second kappa shape index (κ2) is 4.95. The van der Waals surface area contributed by atoms with E-state index in [2.05, 4.69) is 9.89 Å². The number of hydrogen-bond acceptors (Lipinski definition) is 4. The third kappa shape index (κ3) is 2.22. The van der Waals surface area contributed by atoms with Crippen molar-refractivity contribution < 1.29 is 22.8 Å². The van der Waals surface area contributed by atoms with Gasteiger partial charge < -0.3 is 9.26 Å². The summed E-state index contributed by atoms with van der Waals surface area (Å²) in [5.41, 5.74) is -0.229. The maximum atomic E-state index is 13.8. The van der Waals surface area contributed by atoms with Gasteiger partial charge in [-0.3, -0.25) is 0 Å². The van der Waals surface area contributed by atoms with Crippen molar-refractivity contribution in [1.29, 1.82) is 0 Å². The highest BCUT2D eigenvalue weighted by Gasteiger charge is 2.24. The lowest BCUT2D eigenvalue weighted by Crippen LogP contribution is -2.06. The Kier molecular flexibility index (Phi) is 3.36. The van der Waals surface area contributed by atoms with Crippen LogP contribution in [0.3, 0.4) is 0 Å². The minimum atomic E-state index is -0.917. The Bertz CT molecular complexity index is 563. The molecule has 0 aliphatic rings. The minimum Gasteiger partial charge on any atom is -0.461 e. The highest BCUT2D eigenvalue weighted by Crippen LogP contribution is 2.25. The average molecular weight is 253 g/mol. The van der Waals surface area contributed by atoms with Crippen molar-refractivity contribution in [3.05, 3.63) is 41.6 Å². The van der Waals surface area contributed by atoms with E-state index in [1.165, 1.54) is 12.1 Å². The number of ether oxygens (including phenoxy) is 1.